The SMILES string of the molecule is COc1cccc(C(=O)N(C)CC2CNCCO2)c1O. The summed E-state index contributed by atoms with van der Waals surface area (Å²) in [6.07, 6.45) is -0.0227. The Morgan fingerprint density at radius 1 is 1.60 bits per heavy atom. The van der Waals surface area contributed by atoms with Gasteiger partial charge in [0.25, 0.3) is 5.91 Å². The maximum atomic E-state index is 12.3. The van der Waals surface area contributed by atoms with Gasteiger partial charge in [0.1, 0.15) is 0 Å². The normalized spacial score (nSPS) is 18.6. The molecular weight excluding hydrogens is 260 g/mol. The minimum Gasteiger partial charge on any atom is -0.504 e. The molecule has 1 atom stereocenters. The number of hydrogen-bond acceptors (Lipinski definition) is 5. The van der Waals surface area contributed by atoms with Crippen LogP contribution in [0.1, 0.15) is 10.4 Å². The van der Waals surface area contributed by atoms with Gasteiger partial charge in [-0.2, -0.15) is 0 Å². The first-order valence-electron chi connectivity index (χ1n) is 6.57. The molecule has 1 aromatic rings. The number of amides is 1. The van der Waals surface area contributed by atoms with Crippen molar-refractivity contribution in [3.63, 3.8) is 0 Å². The largest absolute Gasteiger partial charge is 0.504 e. The summed E-state index contributed by atoms with van der Waals surface area (Å²) >= 11 is 0. The summed E-state index contributed by atoms with van der Waals surface area (Å²) in [6.45, 7) is 2.69. The monoisotopic (exact) mass is 280 g/mol. The molecule has 0 aliphatic carbocycles. The molecule has 6 heteroatoms. The lowest BCUT2D eigenvalue weighted by atomic mass is 10.1. The summed E-state index contributed by atoms with van der Waals surface area (Å²) in [5.41, 5.74) is 0.232. The topological polar surface area (TPSA) is 71.0 Å². The highest BCUT2D eigenvalue weighted by Crippen LogP contribution is 2.30. The predicted octanol–water partition coefficient (Wildman–Crippen LogP) is 0.461. The van der Waals surface area contributed by atoms with Gasteiger partial charge in [0, 0.05) is 26.7 Å². The molecule has 0 aromatic heterocycles. The van der Waals surface area contributed by atoms with Crippen LogP contribution in [-0.4, -0.2) is 62.4 Å². The highest BCUT2D eigenvalue weighted by molar-refractivity contribution is 5.97. The van der Waals surface area contributed by atoms with Crippen LogP contribution in [0.25, 0.3) is 0 Å². The van der Waals surface area contributed by atoms with Crippen molar-refractivity contribution in [2.24, 2.45) is 0 Å². The molecule has 2 rings (SSSR count). The zero-order chi connectivity index (χ0) is 14.5. The number of carbonyl (C=O) groups excluding carboxylic acids is 1. The number of aromatic hydroxyl groups is 1. The Hall–Kier alpha value is -1.79. The van der Waals surface area contributed by atoms with E-state index >= 15 is 0 Å². The van der Waals surface area contributed by atoms with Crippen molar-refractivity contribution in [2.45, 2.75) is 6.10 Å². The molecule has 20 heavy (non-hydrogen) atoms. The molecule has 110 valence electrons. The summed E-state index contributed by atoms with van der Waals surface area (Å²) < 4.78 is 10.6. The van der Waals surface area contributed by atoms with Crippen LogP contribution in [0.2, 0.25) is 0 Å². The van der Waals surface area contributed by atoms with Crippen molar-refractivity contribution >= 4 is 5.91 Å². The molecular formula is C14H20N2O4. The van der Waals surface area contributed by atoms with Gasteiger partial charge in [-0.15, -0.1) is 0 Å². The van der Waals surface area contributed by atoms with Crippen LogP contribution >= 0.6 is 0 Å². The Balaban J connectivity index is 2.06. The van der Waals surface area contributed by atoms with Crippen molar-refractivity contribution in [1.82, 2.24) is 10.2 Å². The van der Waals surface area contributed by atoms with E-state index in [1.54, 1.807) is 30.1 Å². The molecule has 1 aliphatic heterocycles. The Labute approximate surface area is 118 Å². The number of likely N-dealkylation sites (N-methyl/N-ethyl adjacent to an activating group) is 1. The third-order valence-corrected chi connectivity index (χ3v) is 3.28. The lowest BCUT2D eigenvalue weighted by molar-refractivity contribution is 0.0103. The fourth-order valence-electron chi connectivity index (χ4n) is 2.19. The minimum atomic E-state index is -0.254. The third-order valence-electron chi connectivity index (χ3n) is 3.28. The molecule has 6 nitrogen and oxygen atoms in total. The van der Waals surface area contributed by atoms with Crippen LogP contribution in [0.4, 0.5) is 0 Å². The summed E-state index contributed by atoms with van der Waals surface area (Å²) in [4.78, 5) is 13.9. The van der Waals surface area contributed by atoms with Gasteiger partial charge in [-0.05, 0) is 12.1 Å². The molecule has 0 radical (unpaired) electrons. The summed E-state index contributed by atoms with van der Waals surface area (Å²) in [6, 6.07) is 4.87. The van der Waals surface area contributed by atoms with Gasteiger partial charge in [-0.25, -0.2) is 0 Å². The van der Waals surface area contributed by atoms with Gasteiger partial charge < -0.3 is 24.8 Å². The maximum Gasteiger partial charge on any atom is 0.257 e. The fourth-order valence-corrected chi connectivity index (χ4v) is 2.19. The molecule has 0 spiro atoms. The van der Waals surface area contributed by atoms with Crippen molar-refractivity contribution in [2.75, 3.05) is 40.4 Å². The van der Waals surface area contributed by atoms with Gasteiger partial charge in [0.2, 0.25) is 0 Å². The molecule has 1 unspecified atom stereocenters. The number of rotatable bonds is 4. The number of benzene rings is 1. The first-order chi connectivity index (χ1) is 9.63. The van der Waals surface area contributed by atoms with Crippen LogP contribution < -0.4 is 10.1 Å². The third kappa shape index (κ3) is 3.20. The Morgan fingerprint density at radius 3 is 3.05 bits per heavy atom. The van der Waals surface area contributed by atoms with E-state index in [4.69, 9.17) is 9.47 Å². The molecule has 1 amide bonds. The number of phenols is 1. The summed E-state index contributed by atoms with van der Waals surface area (Å²) in [5, 5.41) is 13.2. The quantitative estimate of drug-likeness (QED) is 0.838. The van der Waals surface area contributed by atoms with Crippen LogP contribution in [0.5, 0.6) is 11.5 Å². The van der Waals surface area contributed by atoms with E-state index in [2.05, 4.69) is 5.32 Å². The van der Waals surface area contributed by atoms with Crippen molar-refractivity contribution in [1.29, 1.82) is 0 Å². The second-order valence-corrected chi connectivity index (χ2v) is 4.74. The molecule has 1 saturated heterocycles. The summed E-state index contributed by atoms with van der Waals surface area (Å²) in [7, 11) is 3.15. The number of methoxy groups -OCH3 is 1. The average Bonchev–Trinajstić information content (AvgIpc) is 2.48. The number of hydrogen-bond donors (Lipinski definition) is 2. The van der Waals surface area contributed by atoms with E-state index in [-0.39, 0.29) is 23.3 Å². The maximum absolute atomic E-state index is 12.3. The van der Waals surface area contributed by atoms with E-state index in [1.165, 1.54) is 7.11 Å². The number of para-hydroxylation sites is 1. The van der Waals surface area contributed by atoms with Crippen LogP contribution in [-0.2, 0) is 4.74 Å². The Morgan fingerprint density at radius 2 is 2.40 bits per heavy atom. The van der Waals surface area contributed by atoms with E-state index in [0.29, 0.717) is 18.9 Å². The van der Waals surface area contributed by atoms with Gasteiger partial charge in [0.15, 0.2) is 11.5 Å². The molecule has 1 heterocycles. The fraction of sp³-hybridized carbons (Fsp3) is 0.500. The van der Waals surface area contributed by atoms with E-state index in [1.807, 2.05) is 0 Å². The van der Waals surface area contributed by atoms with Gasteiger partial charge in [-0.3, -0.25) is 4.79 Å². The molecule has 0 saturated carbocycles. The number of phenolic OH excluding ortho intramolecular Hbond substituents is 1. The zero-order valence-corrected chi connectivity index (χ0v) is 11.8. The standard InChI is InChI=1S/C14H20N2O4/c1-16(9-10-8-15-6-7-20-10)14(18)11-4-3-5-12(19-2)13(11)17/h3-5,10,15,17H,6-9H2,1-2H3. The second kappa shape index (κ2) is 6.58. The molecule has 0 bridgehead atoms. The lowest BCUT2D eigenvalue weighted by Crippen LogP contribution is -2.45. The van der Waals surface area contributed by atoms with Crippen LogP contribution in [0.3, 0.4) is 0 Å². The first kappa shape index (κ1) is 14.6. The lowest BCUT2D eigenvalue weighted by Gasteiger charge is -2.28. The first-order valence-corrected chi connectivity index (χ1v) is 6.57. The number of morpholine rings is 1. The summed E-state index contributed by atoms with van der Waals surface area (Å²) in [5.74, 6) is -0.0926. The van der Waals surface area contributed by atoms with E-state index < -0.39 is 0 Å². The molecule has 1 aliphatic rings. The molecule has 1 aromatic carbocycles. The highest BCUT2D eigenvalue weighted by atomic mass is 16.5. The van der Waals surface area contributed by atoms with Gasteiger partial charge in [0.05, 0.1) is 25.4 Å². The Bertz CT molecular complexity index is 472. The number of nitrogens with zero attached hydrogens (tertiary/aromatic N) is 1. The van der Waals surface area contributed by atoms with Crippen LogP contribution in [0.15, 0.2) is 18.2 Å². The number of nitrogens with one attached hydrogen (secondary N) is 1. The second-order valence-electron chi connectivity index (χ2n) is 4.74. The van der Waals surface area contributed by atoms with E-state index in [0.717, 1.165) is 13.1 Å². The van der Waals surface area contributed by atoms with Crippen molar-refractivity contribution in [3.05, 3.63) is 23.8 Å². The number of carbonyl (C=O) groups is 1. The number of ether oxygens (including phenoxy) is 2. The van der Waals surface area contributed by atoms with Crippen LogP contribution in [0, 0.1) is 0 Å². The minimum absolute atomic E-state index is 0.0227. The smallest absolute Gasteiger partial charge is 0.257 e. The zero-order valence-electron chi connectivity index (χ0n) is 11.8. The molecule has 2 N–H and O–H groups in total. The van der Waals surface area contributed by atoms with Crippen molar-refractivity contribution in [3.8, 4) is 11.5 Å². The van der Waals surface area contributed by atoms with Gasteiger partial charge >= 0.3 is 0 Å². The van der Waals surface area contributed by atoms with Crippen molar-refractivity contribution < 1.29 is 19.4 Å². The highest BCUT2D eigenvalue weighted by Gasteiger charge is 2.22. The van der Waals surface area contributed by atoms with E-state index in [9.17, 15) is 9.90 Å². The predicted molar refractivity (Wildman–Crippen MR) is 74.2 cm³/mol. The Kier molecular flexibility index (Phi) is 4.81. The van der Waals surface area contributed by atoms with Gasteiger partial charge in [-0.1, -0.05) is 6.07 Å². The average molecular weight is 280 g/mol. The molecule has 1 fully saturated rings.